The fraction of sp³-hybridized carbons (Fsp3) is 0.804. The lowest BCUT2D eigenvalue weighted by Crippen LogP contribution is -2.60. The number of amides is 1. The first-order chi connectivity index (χ1) is 32.7. The van der Waals surface area contributed by atoms with Crippen LogP contribution >= 0.6 is 0 Å². The molecule has 1 fully saturated rings. The van der Waals surface area contributed by atoms with Crippen molar-refractivity contribution in [2.45, 2.75) is 274 Å². The first-order valence-corrected chi connectivity index (χ1v) is 27.2. The third-order valence-electron chi connectivity index (χ3n) is 12.8. The minimum absolute atomic E-state index is 0.229. The lowest BCUT2D eigenvalue weighted by Gasteiger charge is -2.40. The van der Waals surface area contributed by atoms with Crippen molar-refractivity contribution in [2.24, 2.45) is 0 Å². The van der Waals surface area contributed by atoms with E-state index in [9.17, 15) is 40.5 Å². The molecule has 0 aromatic carbocycles. The van der Waals surface area contributed by atoms with Crippen LogP contribution in [0.5, 0.6) is 0 Å². The topological polar surface area (TPSA) is 189 Å². The number of rotatable bonds is 45. The summed E-state index contributed by atoms with van der Waals surface area (Å²) in [6, 6.07) is -1.20. The molecule has 390 valence electrons. The summed E-state index contributed by atoms with van der Waals surface area (Å²) < 4.78 is 11.1. The van der Waals surface area contributed by atoms with Crippen molar-refractivity contribution in [1.82, 2.24) is 5.32 Å². The highest BCUT2D eigenvalue weighted by Crippen LogP contribution is 2.23. The van der Waals surface area contributed by atoms with Crippen LogP contribution in [-0.4, -0.2) is 110 Å². The Hall–Kier alpha value is -2.19. The van der Waals surface area contributed by atoms with Crippen LogP contribution in [0.3, 0.4) is 0 Å². The van der Waals surface area contributed by atoms with E-state index < -0.39 is 74.2 Å². The second-order valence-electron chi connectivity index (χ2n) is 18.9. The molecule has 67 heavy (non-hydrogen) atoms. The number of hydrogen-bond acceptors (Lipinski definition) is 10. The maximum atomic E-state index is 13.1. The normalized spacial score (nSPS) is 21.1. The molecule has 1 heterocycles. The molecule has 0 saturated carbocycles. The molecule has 9 unspecified atom stereocenters. The maximum absolute atomic E-state index is 13.1. The van der Waals surface area contributed by atoms with E-state index in [2.05, 4.69) is 79.9 Å². The molecule has 8 N–H and O–H groups in total. The smallest absolute Gasteiger partial charge is 0.249 e. The molecule has 1 saturated heterocycles. The molecular formula is C56H101NO10. The number of carbonyl (C=O) groups excluding carboxylic acids is 1. The summed E-state index contributed by atoms with van der Waals surface area (Å²) in [7, 11) is 0. The van der Waals surface area contributed by atoms with E-state index in [1.54, 1.807) is 0 Å². The van der Waals surface area contributed by atoms with Crippen LogP contribution < -0.4 is 5.32 Å². The van der Waals surface area contributed by atoms with E-state index in [1.807, 2.05) is 0 Å². The van der Waals surface area contributed by atoms with Gasteiger partial charge in [0.05, 0.1) is 25.4 Å². The van der Waals surface area contributed by atoms with Crippen LogP contribution in [0.25, 0.3) is 0 Å². The largest absolute Gasteiger partial charge is 0.394 e. The monoisotopic (exact) mass is 948 g/mol. The van der Waals surface area contributed by atoms with Crippen molar-refractivity contribution in [1.29, 1.82) is 0 Å². The van der Waals surface area contributed by atoms with Crippen molar-refractivity contribution in [2.75, 3.05) is 13.2 Å². The zero-order valence-electron chi connectivity index (χ0n) is 42.4. The molecule has 9 atom stereocenters. The summed E-state index contributed by atoms with van der Waals surface area (Å²) in [5, 5.41) is 75.9. The Morgan fingerprint density at radius 3 is 1.45 bits per heavy atom. The standard InChI is InChI=1S/C56H101NO10/c1-3-5-7-9-11-13-15-17-19-20-21-22-23-24-25-26-27-28-29-30-32-33-35-37-39-41-43-48(59)51(61)47(46-66-56-54(64)53(63)52(62)50(45-58)67-56)57-55(65)49(60)44-42-40-38-36-34-31-18-16-14-12-10-8-6-4-2/h12,14,16,18,25-26,29-30,35,37,47-54,56,58-64H,3-11,13,15,17,19-24,27-28,31-34,36,38-46H2,1-2H3,(H,57,65)/b14-12-,18-16-,26-25+,30-29+,37-35+. The van der Waals surface area contributed by atoms with Crippen LogP contribution in [-0.2, 0) is 14.3 Å². The van der Waals surface area contributed by atoms with Crippen molar-refractivity contribution in [3.05, 3.63) is 60.8 Å². The summed E-state index contributed by atoms with van der Waals surface area (Å²) in [6.07, 6.45) is 45.6. The number of nitrogens with one attached hydrogen (secondary N) is 1. The van der Waals surface area contributed by atoms with Gasteiger partial charge in [-0.15, -0.1) is 0 Å². The number of allylic oxidation sites excluding steroid dienone is 10. The van der Waals surface area contributed by atoms with Crippen LogP contribution in [0.4, 0.5) is 0 Å². The zero-order chi connectivity index (χ0) is 49.0. The summed E-state index contributed by atoms with van der Waals surface area (Å²) in [6.45, 7) is 3.39. The highest BCUT2D eigenvalue weighted by atomic mass is 16.7. The number of ether oxygens (including phenoxy) is 2. The Balaban J connectivity index is 2.38. The minimum Gasteiger partial charge on any atom is -0.394 e. The van der Waals surface area contributed by atoms with Gasteiger partial charge in [0.25, 0.3) is 0 Å². The molecule has 1 aliphatic heterocycles. The first kappa shape index (κ1) is 62.8. The van der Waals surface area contributed by atoms with E-state index in [-0.39, 0.29) is 12.8 Å². The van der Waals surface area contributed by atoms with Gasteiger partial charge in [-0.1, -0.05) is 190 Å². The molecule has 0 spiro atoms. The van der Waals surface area contributed by atoms with E-state index in [0.717, 1.165) is 64.2 Å². The number of unbranched alkanes of at least 4 members (excludes halogenated alkanes) is 24. The van der Waals surface area contributed by atoms with E-state index in [4.69, 9.17) is 9.47 Å². The van der Waals surface area contributed by atoms with E-state index >= 15 is 0 Å². The van der Waals surface area contributed by atoms with Crippen molar-refractivity contribution in [3.63, 3.8) is 0 Å². The Kier molecular flexibility index (Phi) is 42.2. The van der Waals surface area contributed by atoms with Gasteiger partial charge in [-0.25, -0.2) is 0 Å². The predicted octanol–water partition coefficient (Wildman–Crippen LogP) is 10.7. The molecule has 0 aromatic heterocycles. The first-order valence-electron chi connectivity index (χ1n) is 27.2. The van der Waals surface area contributed by atoms with Crippen molar-refractivity contribution < 1.29 is 50.0 Å². The van der Waals surface area contributed by atoms with Gasteiger partial charge >= 0.3 is 0 Å². The number of carbonyl (C=O) groups is 1. The molecular weight excluding hydrogens is 847 g/mol. The van der Waals surface area contributed by atoms with E-state index in [1.165, 1.54) is 109 Å². The maximum Gasteiger partial charge on any atom is 0.249 e. The summed E-state index contributed by atoms with van der Waals surface area (Å²) in [4.78, 5) is 13.1. The highest BCUT2D eigenvalue weighted by Gasteiger charge is 2.44. The predicted molar refractivity (Wildman–Crippen MR) is 274 cm³/mol. The van der Waals surface area contributed by atoms with Gasteiger partial charge in [0.1, 0.15) is 36.6 Å². The second-order valence-corrected chi connectivity index (χ2v) is 18.9. The fourth-order valence-electron chi connectivity index (χ4n) is 8.29. The minimum atomic E-state index is -1.68. The third kappa shape index (κ3) is 33.9. The average molecular weight is 948 g/mol. The Bertz CT molecular complexity index is 1270. The highest BCUT2D eigenvalue weighted by molar-refractivity contribution is 5.80. The summed E-state index contributed by atoms with van der Waals surface area (Å²) in [5.74, 6) is -0.727. The summed E-state index contributed by atoms with van der Waals surface area (Å²) >= 11 is 0. The molecule has 0 radical (unpaired) electrons. The van der Waals surface area contributed by atoms with Crippen molar-refractivity contribution in [3.8, 4) is 0 Å². The molecule has 11 nitrogen and oxygen atoms in total. The lowest BCUT2D eigenvalue weighted by molar-refractivity contribution is -0.303. The molecule has 11 heteroatoms. The Morgan fingerprint density at radius 1 is 0.522 bits per heavy atom. The van der Waals surface area contributed by atoms with Crippen LogP contribution in [0.1, 0.15) is 219 Å². The second kappa shape index (κ2) is 45.0. The van der Waals surface area contributed by atoms with Gasteiger partial charge < -0.3 is 50.5 Å². The van der Waals surface area contributed by atoms with E-state index in [0.29, 0.717) is 19.3 Å². The van der Waals surface area contributed by atoms with Crippen LogP contribution in [0.15, 0.2) is 60.8 Å². The SMILES string of the molecule is CCCCC/C=C\C=C/CCCCCCCC(O)C(=O)NC(COC1OC(CO)C(O)C(O)C1O)C(O)C(O)CCC/C=C/CC/C=C/CC/C=C/CCCCCCCCCCCCCCC. The fourth-order valence-corrected chi connectivity index (χ4v) is 8.29. The Labute approximate surface area is 408 Å². The quantitative estimate of drug-likeness (QED) is 0.0166. The molecule has 0 bridgehead atoms. The molecule has 1 aliphatic rings. The van der Waals surface area contributed by atoms with Gasteiger partial charge in [-0.3, -0.25) is 4.79 Å². The van der Waals surface area contributed by atoms with Gasteiger partial charge in [0.15, 0.2) is 6.29 Å². The van der Waals surface area contributed by atoms with Gasteiger partial charge in [0, 0.05) is 0 Å². The number of aliphatic hydroxyl groups is 7. The van der Waals surface area contributed by atoms with Crippen LogP contribution in [0, 0.1) is 0 Å². The molecule has 0 aliphatic carbocycles. The zero-order valence-corrected chi connectivity index (χ0v) is 42.4. The molecule has 0 aromatic rings. The number of aliphatic hydroxyl groups excluding tert-OH is 7. The van der Waals surface area contributed by atoms with Gasteiger partial charge in [-0.2, -0.15) is 0 Å². The molecule has 1 amide bonds. The van der Waals surface area contributed by atoms with Gasteiger partial charge in [-0.05, 0) is 89.9 Å². The van der Waals surface area contributed by atoms with Gasteiger partial charge in [0.2, 0.25) is 5.91 Å². The Morgan fingerprint density at radius 2 is 0.940 bits per heavy atom. The average Bonchev–Trinajstić information content (AvgIpc) is 3.33. The summed E-state index contributed by atoms with van der Waals surface area (Å²) in [5.41, 5.74) is 0. The number of hydrogen-bond donors (Lipinski definition) is 8. The van der Waals surface area contributed by atoms with Crippen LogP contribution in [0.2, 0.25) is 0 Å². The molecule has 1 rings (SSSR count). The lowest BCUT2D eigenvalue weighted by atomic mass is 9.98. The van der Waals surface area contributed by atoms with Crippen molar-refractivity contribution >= 4 is 5.91 Å². The third-order valence-corrected chi connectivity index (χ3v) is 12.8.